The van der Waals surface area contributed by atoms with Crippen molar-refractivity contribution in [3.8, 4) is 0 Å². The highest BCUT2D eigenvalue weighted by atomic mass is 16.2. The summed E-state index contributed by atoms with van der Waals surface area (Å²) >= 11 is 0. The second-order valence-corrected chi connectivity index (χ2v) is 7.09. The van der Waals surface area contributed by atoms with Crippen molar-refractivity contribution < 1.29 is 9.59 Å². The third-order valence-electron chi connectivity index (χ3n) is 5.02. The van der Waals surface area contributed by atoms with Crippen molar-refractivity contribution in [1.29, 1.82) is 0 Å². The van der Waals surface area contributed by atoms with Crippen LogP contribution < -0.4 is 11.1 Å². The van der Waals surface area contributed by atoms with Gasteiger partial charge < -0.3 is 16.0 Å². The number of aryl methyl sites for hydroxylation is 1. The number of nitrogens with zero attached hydrogens (tertiary/aromatic N) is 2. The fraction of sp³-hybridized carbons (Fsp3) is 0.579. The van der Waals surface area contributed by atoms with Crippen LogP contribution in [0.3, 0.4) is 0 Å². The maximum atomic E-state index is 12.3. The summed E-state index contributed by atoms with van der Waals surface area (Å²) in [6, 6.07) is 8.41. The van der Waals surface area contributed by atoms with E-state index in [1.807, 2.05) is 26.2 Å². The zero-order valence-electron chi connectivity index (χ0n) is 15.5. The first-order valence-corrected chi connectivity index (χ1v) is 8.88. The number of piperidine rings is 1. The van der Waals surface area contributed by atoms with Crippen LogP contribution in [0, 0.1) is 12.8 Å². The Labute approximate surface area is 150 Å². The molecule has 6 heteroatoms. The molecule has 0 bridgehead atoms. The van der Waals surface area contributed by atoms with E-state index in [0.717, 1.165) is 25.9 Å². The van der Waals surface area contributed by atoms with E-state index in [-0.39, 0.29) is 23.8 Å². The van der Waals surface area contributed by atoms with Crippen LogP contribution in [0.15, 0.2) is 24.3 Å². The lowest BCUT2D eigenvalue weighted by Crippen LogP contribution is -2.45. The molecule has 1 aromatic carbocycles. The number of carbonyl (C=O) groups is 2. The quantitative estimate of drug-likeness (QED) is 0.769. The predicted octanol–water partition coefficient (Wildman–Crippen LogP) is 0.911. The van der Waals surface area contributed by atoms with Gasteiger partial charge in [-0.1, -0.05) is 24.3 Å². The first-order valence-electron chi connectivity index (χ1n) is 8.88. The number of hydrogen-bond acceptors (Lipinski definition) is 4. The largest absolute Gasteiger partial charge is 0.369 e. The number of hydrogen-bond donors (Lipinski definition) is 2. The Hall–Kier alpha value is -1.92. The molecule has 1 atom stereocenters. The number of likely N-dealkylation sites (N-methyl/N-ethyl adjacent to an activating group) is 1. The molecule has 1 saturated heterocycles. The Morgan fingerprint density at radius 1 is 1.28 bits per heavy atom. The fourth-order valence-corrected chi connectivity index (χ4v) is 3.38. The van der Waals surface area contributed by atoms with Gasteiger partial charge in [0.1, 0.15) is 0 Å². The van der Waals surface area contributed by atoms with Gasteiger partial charge in [-0.25, -0.2) is 0 Å². The molecule has 6 nitrogen and oxygen atoms in total. The van der Waals surface area contributed by atoms with Gasteiger partial charge in [0.05, 0.1) is 12.6 Å². The molecule has 2 rings (SSSR count). The van der Waals surface area contributed by atoms with E-state index in [4.69, 9.17) is 5.73 Å². The summed E-state index contributed by atoms with van der Waals surface area (Å²) in [6.07, 6.45) is 1.48. The summed E-state index contributed by atoms with van der Waals surface area (Å²) in [7, 11) is 4.05. The molecule has 0 radical (unpaired) electrons. The number of nitrogens with two attached hydrogens (primary N) is 1. The number of nitrogens with one attached hydrogen (secondary N) is 1. The molecule has 2 amide bonds. The van der Waals surface area contributed by atoms with Gasteiger partial charge in [0.2, 0.25) is 11.8 Å². The molecule has 138 valence electrons. The Bertz CT molecular complexity index is 595. The van der Waals surface area contributed by atoms with Gasteiger partial charge in [0.25, 0.3) is 0 Å². The van der Waals surface area contributed by atoms with Crippen LogP contribution in [0.5, 0.6) is 0 Å². The van der Waals surface area contributed by atoms with E-state index >= 15 is 0 Å². The molecule has 0 aromatic heterocycles. The third kappa shape index (κ3) is 5.54. The highest BCUT2D eigenvalue weighted by molar-refractivity contribution is 5.78. The monoisotopic (exact) mass is 346 g/mol. The second-order valence-electron chi connectivity index (χ2n) is 7.09. The zero-order chi connectivity index (χ0) is 18.4. The maximum Gasteiger partial charge on any atom is 0.234 e. The Kier molecular flexibility index (Phi) is 6.96. The van der Waals surface area contributed by atoms with E-state index in [1.165, 1.54) is 11.1 Å². The summed E-state index contributed by atoms with van der Waals surface area (Å²) in [6.45, 7) is 4.54. The predicted molar refractivity (Wildman–Crippen MR) is 99.0 cm³/mol. The Balaban J connectivity index is 1.84. The average molecular weight is 346 g/mol. The Morgan fingerprint density at radius 3 is 2.48 bits per heavy atom. The van der Waals surface area contributed by atoms with Gasteiger partial charge >= 0.3 is 0 Å². The highest BCUT2D eigenvalue weighted by Gasteiger charge is 2.24. The third-order valence-corrected chi connectivity index (χ3v) is 5.02. The maximum absolute atomic E-state index is 12.3. The van der Waals surface area contributed by atoms with Crippen LogP contribution in [0.1, 0.15) is 30.0 Å². The summed E-state index contributed by atoms with van der Waals surface area (Å²) in [5.41, 5.74) is 7.81. The number of primary amides is 1. The number of likely N-dealkylation sites (tertiary alicyclic amines) is 1. The lowest BCUT2D eigenvalue weighted by molar-refractivity contribution is -0.124. The van der Waals surface area contributed by atoms with E-state index in [9.17, 15) is 9.59 Å². The van der Waals surface area contributed by atoms with E-state index in [2.05, 4.69) is 34.2 Å². The molecule has 25 heavy (non-hydrogen) atoms. The van der Waals surface area contributed by atoms with Crippen molar-refractivity contribution >= 4 is 11.8 Å². The minimum Gasteiger partial charge on any atom is -0.369 e. The van der Waals surface area contributed by atoms with Gasteiger partial charge in [-0.2, -0.15) is 0 Å². The molecule has 0 spiro atoms. The van der Waals surface area contributed by atoms with Crippen LogP contribution in [-0.2, 0) is 9.59 Å². The topological polar surface area (TPSA) is 78.7 Å². The van der Waals surface area contributed by atoms with Crippen molar-refractivity contribution in [2.24, 2.45) is 11.7 Å². The van der Waals surface area contributed by atoms with Crippen LogP contribution in [0.2, 0.25) is 0 Å². The van der Waals surface area contributed by atoms with Gasteiger partial charge in [-0.05, 0) is 58.1 Å². The van der Waals surface area contributed by atoms with Crippen molar-refractivity contribution in [1.82, 2.24) is 15.1 Å². The molecule has 1 aliphatic rings. The molecule has 1 heterocycles. The van der Waals surface area contributed by atoms with Crippen molar-refractivity contribution in [3.63, 3.8) is 0 Å². The first-order chi connectivity index (χ1) is 11.9. The molecule has 1 aromatic rings. The second kappa shape index (κ2) is 8.97. The lowest BCUT2D eigenvalue weighted by atomic mass is 9.96. The number of rotatable bonds is 7. The van der Waals surface area contributed by atoms with E-state index < -0.39 is 0 Å². The summed E-state index contributed by atoms with van der Waals surface area (Å²) in [5.74, 6) is -0.243. The standard InChI is InChI=1S/C19H30N4O2/c1-14-6-4-5-7-16(14)17(22(2)3)12-21-18(24)13-23-10-8-15(9-11-23)19(20)25/h4-7,15,17H,8-13H2,1-3H3,(H2,20,25)(H,21,24). The number of carbonyl (C=O) groups excluding carboxylic acids is 2. The smallest absolute Gasteiger partial charge is 0.234 e. The van der Waals surface area contributed by atoms with Crippen LogP contribution in [-0.4, -0.2) is 61.9 Å². The summed E-state index contributed by atoms with van der Waals surface area (Å²) in [5, 5.41) is 3.06. The van der Waals surface area contributed by atoms with Crippen LogP contribution >= 0.6 is 0 Å². The first kappa shape index (κ1) is 19.4. The normalized spacial score (nSPS) is 17.4. The van der Waals surface area contributed by atoms with E-state index in [0.29, 0.717) is 13.1 Å². The minimum atomic E-state index is -0.226. The van der Waals surface area contributed by atoms with Gasteiger partial charge in [0, 0.05) is 12.5 Å². The zero-order valence-corrected chi connectivity index (χ0v) is 15.5. The molecular weight excluding hydrogens is 316 g/mol. The summed E-state index contributed by atoms with van der Waals surface area (Å²) in [4.78, 5) is 27.7. The van der Waals surface area contributed by atoms with Gasteiger partial charge in [0.15, 0.2) is 0 Å². The molecular formula is C19H30N4O2. The Morgan fingerprint density at radius 2 is 1.92 bits per heavy atom. The fourth-order valence-electron chi connectivity index (χ4n) is 3.38. The molecule has 1 unspecified atom stereocenters. The molecule has 1 aliphatic heterocycles. The van der Waals surface area contributed by atoms with Crippen molar-refractivity contribution in [2.75, 3.05) is 40.3 Å². The molecule has 3 N–H and O–H groups in total. The van der Waals surface area contributed by atoms with E-state index in [1.54, 1.807) is 0 Å². The minimum absolute atomic E-state index is 0.0259. The summed E-state index contributed by atoms with van der Waals surface area (Å²) < 4.78 is 0. The average Bonchev–Trinajstić information content (AvgIpc) is 2.56. The molecule has 0 aliphatic carbocycles. The van der Waals surface area contributed by atoms with Crippen molar-refractivity contribution in [2.45, 2.75) is 25.8 Å². The molecule has 1 fully saturated rings. The molecule has 0 saturated carbocycles. The van der Waals surface area contributed by atoms with Crippen LogP contribution in [0.4, 0.5) is 0 Å². The van der Waals surface area contributed by atoms with Crippen LogP contribution in [0.25, 0.3) is 0 Å². The van der Waals surface area contributed by atoms with Gasteiger partial charge in [-0.3, -0.25) is 14.5 Å². The SMILES string of the molecule is Cc1ccccc1C(CNC(=O)CN1CCC(C(N)=O)CC1)N(C)C. The van der Waals surface area contributed by atoms with Crippen molar-refractivity contribution in [3.05, 3.63) is 35.4 Å². The number of benzene rings is 1. The van der Waals surface area contributed by atoms with Gasteiger partial charge in [-0.15, -0.1) is 0 Å². The highest BCUT2D eigenvalue weighted by Crippen LogP contribution is 2.21. The lowest BCUT2D eigenvalue weighted by Gasteiger charge is -2.30. The number of amides is 2.